The molecule has 2 aromatic carbocycles. The zero-order chi connectivity index (χ0) is 20.8. The van der Waals surface area contributed by atoms with Crippen molar-refractivity contribution in [3.05, 3.63) is 71.4 Å². The van der Waals surface area contributed by atoms with Gasteiger partial charge in [-0.3, -0.25) is 4.79 Å². The SMILES string of the molecule is CC(CCN(C)C)NC(=O)Cc1cn(-c2ccccc2)nc1-c1ccc(Cl)cc1. The van der Waals surface area contributed by atoms with Gasteiger partial charge in [0.25, 0.3) is 0 Å². The largest absolute Gasteiger partial charge is 0.353 e. The number of rotatable bonds is 8. The molecule has 3 aromatic rings. The van der Waals surface area contributed by atoms with Gasteiger partial charge in [0, 0.05) is 28.4 Å². The van der Waals surface area contributed by atoms with Crippen molar-refractivity contribution in [2.24, 2.45) is 0 Å². The number of nitrogens with zero attached hydrogens (tertiary/aromatic N) is 3. The lowest BCUT2D eigenvalue weighted by molar-refractivity contribution is -0.121. The molecule has 152 valence electrons. The van der Waals surface area contributed by atoms with Crippen LogP contribution in [0.2, 0.25) is 5.02 Å². The van der Waals surface area contributed by atoms with Crippen LogP contribution in [0.1, 0.15) is 18.9 Å². The van der Waals surface area contributed by atoms with E-state index < -0.39 is 0 Å². The molecule has 5 nitrogen and oxygen atoms in total. The maximum Gasteiger partial charge on any atom is 0.224 e. The van der Waals surface area contributed by atoms with Gasteiger partial charge in [-0.15, -0.1) is 0 Å². The summed E-state index contributed by atoms with van der Waals surface area (Å²) in [5.74, 6) is -0.000851. The lowest BCUT2D eigenvalue weighted by atomic mass is 10.1. The van der Waals surface area contributed by atoms with Crippen molar-refractivity contribution in [1.82, 2.24) is 20.0 Å². The highest BCUT2D eigenvalue weighted by atomic mass is 35.5. The molecule has 1 amide bonds. The van der Waals surface area contributed by atoms with E-state index in [1.54, 1.807) is 0 Å². The predicted molar refractivity (Wildman–Crippen MR) is 118 cm³/mol. The summed E-state index contributed by atoms with van der Waals surface area (Å²) < 4.78 is 1.82. The second-order valence-electron chi connectivity index (χ2n) is 7.53. The van der Waals surface area contributed by atoms with Crippen LogP contribution in [0.3, 0.4) is 0 Å². The minimum Gasteiger partial charge on any atom is -0.353 e. The average molecular weight is 411 g/mol. The number of aromatic nitrogens is 2. The smallest absolute Gasteiger partial charge is 0.224 e. The Kier molecular flexibility index (Phi) is 7.07. The number of benzene rings is 2. The van der Waals surface area contributed by atoms with Crippen molar-refractivity contribution in [3.63, 3.8) is 0 Å². The molecule has 1 N–H and O–H groups in total. The Morgan fingerprint density at radius 3 is 2.48 bits per heavy atom. The summed E-state index contributed by atoms with van der Waals surface area (Å²) in [4.78, 5) is 14.8. The van der Waals surface area contributed by atoms with Gasteiger partial charge in [-0.25, -0.2) is 4.68 Å². The van der Waals surface area contributed by atoms with E-state index in [4.69, 9.17) is 16.7 Å². The van der Waals surface area contributed by atoms with Crippen LogP contribution in [-0.4, -0.2) is 47.3 Å². The molecule has 0 aliphatic carbocycles. The molecule has 29 heavy (non-hydrogen) atoms. The Morgan fingerprint density at radius 1 is 1.14 bits per heavy atom. The Labute approximate surface area is 177 Å². The standard InChI is InChI=1S/C23H27ClN4O/c1-17(13-14-27(2)3)25-22(29)15-19-16-28(21-7-5-4-6-8-21)26-23(19)18-9-11-20(24)12-10-18/h4-12,16-17H,13-15H2,1-3H3,(H,25,29). The molecule has 3 rings (SSSR count). The Balaban J connectivity index is 1.83. The molecule has 0 bridgehead atoms. The summed E-state index contributed by atoms with van der Waals surface area (Å²) in [6.45, 7) is 2.97. The summed E-state index contributed by atoms with van der Waals surface area (Å²) in [7, 11) is 4.07. The minimum absolute atomic E-state index is 0.000851. The van der Waals surface area contributed by atoms with E-state index in [9.17, 15) is 4.79 Å². The van der Waals surface area contributed by atoms with E-state index in [2.05, 4.69) is 10.2 Å². The van der Waals surface area contributed by atoms with Crippen molar-refractivity contribution >= 4 is 17.5 Å². The first kappa shape index (κ1) is 21.1. The van der Waals surface area contributed by atoms with Crippen molar-refractivity contribution in [2.75, 3.05) is 20.6 Å². The van der Waals surface area contributed by atoms with E-state index in [0.717, 1.165) is 35.5 Å². The molecule has 1 unspecified atom stereocenters. The highest BCUT2D eigenvalue weighted by Gasteiger charge is 2.16. The number of hydrogen-bond acceptors (Lipinski definition) is 3. The molecule has 1 heterocycles. The molecule has 0 fully saturated rings. The number of nitrogens with one attached hydrogen (secondary N) is 1. The first-order valence-corrected chi connectivity index (χ1v) is 10.1. The molecule has 6 heteroatoms. The maximum absolute atomic E-state index is 12.7. The fourth-order valence-corrected chi connectivity index (χ4v) is 3.25. The number of carbonyl (C=O) groups is 1. The third-order valence-electron chi connectivity index (χ3n) is 4.70. The molecule has 0 saturated carbocycles. The molecule has 0 aliphatic heterocycles. The highest BCUT2D eigenvalue weighted by Crippen LogP contribution is 2.25. The molecule has 0 radical (unpaired) electrons. The number of carbonyl (C=O) groups excluding carboxylic acids is 1. The van der Waals surface area contributed by atoms with Gasteiger partial charge in [0.2, 0.25) is 5.91 Å². The van der Waals surface area contributed by atoms with Crippen LogP contribution in [0.4, 0.5) is 0 Å². The van der Waals surface area contributed by atoms with Crippen LogP contribution in [0.5, 0.6) is 0 Å². The summed E-state index contributed by atoms with van der Waals surface area (Å²) >= 11 is 6.04. The monoisotopic (exact) mass is 410 g/mol. The lowest BCUT2D eigenvalue weighted by Gasteiger charge is -2.16. The average Bonchev–Trinajstić information content (AvgIpc) is 3.11. The number of amides is 1. The number of hydrogen-bond donors (Lipinski definition) is 1. The van der Waals surface area contributed by atoms with E-state index in [1.807, 2.05) is 86.5 Å². The van der Waals surface area contributed by atoms with Gasteiger partial charge in [-0.2, -0.15) is 5.10 Å². The van der Waals surface area contributed by atoms with Crippen molar-refractivity contribution in [1.29, 1.82) is 0 Å². The third kappa shape index (κ3) is 5.92. The zero-order valence-corrected chi connectivity index (χ0v) is 17.9. The first-order valence-electron chi connectivity index (χ1n) is 9.76. The second kappa shape index (κ2) is 9.72. The second-order valence-corrected chi connectivity index (χ2v) is 7.96. The van der Waals surface area contributed by atoms with Crippen LogP contribution in [0, 0.1) is 0 Å². The summed E-state index contributed by atoms with van der Waals surface area (Å²) in [6.07, 6.45) is 3.12. The van der Waals surface area contributed by atoms with Gasteiger partial charge >= 0.3 is 0 Å². The van der Waals surface area contributed by atoms with Gasteiger partial charge in [-0.1, -0.05) is 41.9 Å². The van der Waals surface area contributed by atoms with Crippen LogP contribution < -0.4 is 5.32 Å². The van der Waals surface area contributed by atoms with E-state index in [0.29, 0.717) is 5.02 Å². The summed E-state index contributed by atoms with van der Waals surface area (Å²) in [5, 5.41) is 8.53. The van der Waals surface area contributed by atoms with Gasteiger partial charge in [0.15, 0.2) is 0 Å². The van der Waals surface area contributed by atoms with E-state index in [-0.39, 0.29) is 18.4 Å². The van der Waals surface area contributed by atoms with Crippen LogP contribution in [-0.2, 0) is 11.2 Å². The maximum atomic E-state index is 12.7. The van der Waals surface area contributed by atoms with Crippen LogP contribution in [0.25, 0.3) is 16.9 Å². The highest BCUT2D eigenvalue weighted by molar-refractivity contribution is 6.30. The molecule has 0 aliphatic rings. The molecular formula is C23H27ClN4O. The van der Waals surface area contributed by atoms with Crippen molar-refractivity contribution in [3.8, 4) is 16.9 Å². The van der Waals surface area contributed by atoms with E-state index in [1.165, 1.54) is 0 Å². The molecule has 0 spiro atoms. The normalized spacial score (nSPS) is 12.2. The Hall–Kier alpha value is -2.63. The fraction of sp³-hybridized carbons (Fsp3) is 0.304. The first-order chi connectivity index (χ1) is 13.9. The minimum atomic E-state index is -0.000851. The predicted octanol–water partition coefficient (Wildman–Crippen LogP) is 4.19. The van der Waals surface area contributed by atoms with Gasteiger partial charge in [0.1, 0.15) is 0 Å². The van der Waals surface area contributed by atoms with Crippen LogP contribution in [0.15, 0.2) is 60.8 Å². The van der Waals surface area contributed by atoms with Crippen molar-refractivity contribution in [2.45, 2.75) is 25.8 Å². The molecule has 1 aromatic heterocycles. The number of halogens is 1. The molecule has 0 saturated heterocycles. The fourth-order valence-electron chi connectivity index (χ4n) is 3.13. The zero-order valence-electron chi connectivity index (χ0n) is 17.1. The summed E-state index contributed by atoms with van der Waals surface area (Å²) in [5.41, 5.74) is 3.57. The van der Waals surface area contributed by atoms with Gasteiger partial charge in [-0.05, 0) is 58.3 Å². The topological polar surface area (TPSA) is 50.2 Å². The third-order valence-corrected chi connectivity index (χ3v) is 4.95. The Bertz CT molecular complexity index is 935. The van der Waals surface area contributed by atoms with Gasteiger partial charge in [0.05, 0.1) is 17.8 Å². The van der Waals surface area contributed by atoms with Crippen molar-refractivity contribution < 1.29 is 4.79 Å². The quantitative estimate of drug-likeness (QED) is 0.605. The summed E-state index contributed by atoms with van der Waals surface area (Å²) in [6, 6.07) is 17.6. The van der Waals surface area contributed by atoms with Gasteiger partial charge < -0.3 is 10.2 Å². The lowest BCUT2D eigenvalue weighted by Crippen LogP contribution is -2.35. The molecule has 1 atom stereocenters. The van der Waals surface area contributed by atoms with E-state index >= 15 is 0 Å². The number of para-hydroxylation sites is 1. The Morgan fingerprint density at radius 2 is 1.83 bits per heavy atom. The molecular weight excluding hydrogens is 384 g/mol. The van der Waals surface area contributed by atoms with Crippen LogP contribution >= 0.6 is 11.6 Å².